The molecule has 0 aromatic carbocycles. The van der Waals surface area contributed by atoms with Gasteiger partial charge in [0, 0.05) is 17.8 Å². The van der Waals surface area contributed by atoms with Gasteiger partial charge in [-0.1, -0.05) is 0 Å². The zero-order valence-electron chi connectivity index (χ0n) is 14.0. The first kappa shape index (κ1) is 17.2. The number of carbonyl (C=O) groups is 2. The molecule has 0 radical (unpaired) electrons. The summed E-state index contributed by atoms with van der Waals surface area (Å²) in [7, 11) is 1.54. The van der Waals surface area contributed by atoms with Gasteiger partial charge in [-0.15, -0.1) is 11.3 Å². The number of aromatic amines is 1. The number of aromatic nitrogens is 2. The first-order chi connectivity index (χ1) is 12.4. The molecule has 0 bridgehead atoms. The van der Waals surface area contributed by atoms with E-state index in [-0.39, 0.29) is 18.3 Å². The molecule has 0 saturated heterocycles. The SMILES string of the molecule is COC[C@]1(C)Nc2c(cnc3[nH]cc(C(=O)c4sccc4Br)c23)NC1=O. The maximum Gasteiger partial charge on any atom is 0.252 e. The van der Waals surface area contributed by atoms with Crippen molar-refractivity contribution >= 4 is 61.4 Å². The molecule has 9 heteroatoms. The highest BCUT2D eigenvalue weighted by Crippen LogP contribution is 2.39. The Morgan fingerprint density at radius 2 is 2.27 bits per heavy atom. The van der Waals surface area contributed by atoms with Crippen LogP contribution in [0, 0.1) is 0 Å². The Hall–Kier alpha value is -2.23. The van der Waals surface area contributed by atoms with Crippen molar-refractivity contribution in [3.63, 3.8) is 0 Å². The predicted octanol–water partition coefficient (Wildman–Crippen LogP) is 3.39. The van der Waals surface area contributed by atoms with Gasteiger partial charge in [-0.25, -0.2) is 4.98 Å². The second kappa shape index (κ2) is 6.19. The highest BCUT2D eigenvalue weighted by atomic mass is 79.9. The van der Waals surface area contributed by atoms with E-state index in [4.69, 9.17) is 4.74 Å². The van der Waals surface area contributed by atoms with Crippen molar-refractivity contribution in [2.45, 2.75) is 12.5 Å². The maximum absolute atomic E-state index is 13.0. The van der Waals surface area contributed by atoms with Gasteiger partial charge in [0.05, 0.1) is 40.0 Å². The van der Waals surface area contributed by atoms with Crippen LogP contribution in [0.4, 0.5) is 11.4 Å². The number of pyridine rings is 1. The quantitative estimate of drug-likeness (QED) is 0.546. The van der Waals surface area contributed by atoms with Gasteiger partial charge in [-0.05, 0) is 34.3 Å². The number of halogens is 1. The van der Waals surface area contributed by atoms with Gasteiger partial charge in [0.1, 0.15) is 11.2 Å². The highest BCUT2D eigenvalue weighted by Gasteiger charge is 2.39. The number of methoxy groups -OCH3 is 1. The van der Waals surface area contributed by atoms with E-state index in [1.807, 2.05) is 11.4 Å². The molecule has 1 aliphatic heterocycles. The normalized spacial score (nSPS) is 19.1. The molecule has 1 amide bonds. The predicted molar refractivity (Wildman–Crippen MR) is 104 cm³/mol. The number of rotatable bonds is 4. The van der Waals surface area contributed by atoms with Crippen LogP contribution in [-0.2, 0) is 9.53 Å². The third-order valence-electron chi connectivity index (χ3n) is 4.35. The lowest BCUT2D eigenvalue weighted by Gasteiger charge is -2.35. The Balaban J connectivity index is 1.89. The van der Waals surface area contributed by atoms with Gasteiger partial charge >= 0.3 is 0 Å². The van der Waals surface area contributed by atoms with Crippen molar-refractivity contribution < 1.29 is 14.3 Å². The minimum Gasteiger partial charge on any atom is -0.382 e. The number of fused-ring (bicyclic) bond motifs is 3. The number of anilines is 2. The average molecular weight is 435 g/mol. The van der Waals surface area contributed by atoms with E-state index in [2.05, 4.69) is 36.5 Å². The second-order valence-corrected chi connectivity index (χ2v) is 8.01. The fraction of sp³-hybridized carbons (Fsp3) is 0.235. The molecule has 0 saturated carbocycles. The number of nitrogens with one attached hydrogen (secondary N) is 3. The smallest absolute Gasteiger partial charge is 0.252 e. The number of ether oxygens (including phenoxy) is 1. The lowest BCUT2D eigenvalue weighted by atomic mass is 9.97. The Morgan fingerprint density at radius 3 is 2.96 bits per heavy atom. The summed E-state index contributed by atoms with van der Waals surface area (Å²) >= 11 is 4.78. The first-order valence-electron chi connectivity index (χ1n) is 7.81. The van der Waals surface area contributed by atoms with Gasteiger partial charge < -0.3 is 20.4 Å². The molecule has 3 N–H and O–H groups in total. The third-order valence-corrected chi connectivity index (χ3v) is 6.19. The van der Waals surface area contributed by atoms with E-state index < -0.39 is 5.54 Å². The molecule has 0 spiro atoms. The summed E-state index contributed by atoms with van der Waals surface area (Å²) in [4.78, 5) is 33.5. The Bertz CT molecular complexity index is 1040. The van der Waals surface area contributed by atoms with E-state index in [0.29, 0.717) is 32.8 Å². The summed E-state index contributed by atoms with van der Waals surface area (Å²) in [5, 5.41) is 8.61. The van der Waals surface area contributed by atoms with Crippen molar-refractivity contribution in [1.82, 2.24) is 9.97 Å². The van der Waals surface area contributed by atoms with Gasteiger partial charge in [0.2, 0.25) is 5.78 Å². The molecule has 4 rings (SSSR count). The second-order valence-electron chi connectivity index (χ2n) is 6.24. The summed E-state index contributed by atoms with van der Waals surface area (Å²) in [6.45, 7) is 1.94. The van der Waals surface area contributed by atoms with Gasteiger partial charge in [0.25, 0.3) is 5.91 Å². The Kier molecular flexibility index (Phi) is 4.09. The fourth-order valence-electron chi connectivity index (χ4n) is 3.06. The zero-order valence-corrected chi connectivity index (χ0v) is 16.4. The molecular weight excluding hydrogens is 420 g/mol. The number of hydrogen-bond donors (Lipinski definition) is 3. The van der Waals surface area contributed by atoms with Crippen molar-refractivity contribution in [2.75, 3.05) is 24.4 Å². The molecule has 1 aliphatic rings. The number of nitrogens with zero attached hydrogens (tertiary/aromatic N) is 1. The number of amides is 1. The monoisotopic (exact) mass is 434 g/mol. The topological polar surface area (TPSA) is 96.1 Å². The minimum atomic E-state index is -0.947. The number of ketones is 1. The average Bonchev–Trinajstić information content (AvgIpc) is 3.22. The van der Waals surface area contributed by atoms with E-state index in [1.54, 1.807) is 19.3 Å². The lowest BCUT2D eigenvalue weighted by molar-refractivity contribution is -0.121. The summed E-state index contributed by atoms with van der Waals surface area (Å²) in [5.74, 6) is -0.321. The number of carbonyl (C=O) groups excluding carboxylic acids is 2. The summed E-state index contributed by atoms with van der Waals surface area (Å²) in [6, 6.07) is 1.84. The summed E-state index contributed by atoms with van der Waals surface area (Å²) in [5.41, 5.74) is 1.32. The van der Waals surface area contributed by atoms with Crippen LogP contribution in [0.5, 0.6) is 0 Å². The molecule has 7 nitrogen and oxygen atoms in total. The van der Waals surface area contributed by atoms with Crippen LogP contribution >= 0.6 is 27.3 Å². The molecule has 1 atom stereocenters. The van der Waals surface area contributed by atoms with Gasteiger partial charge in [0.15, 0.2) is 0 Å². The van der Waals surface area contributed by atoms with Crippen molar-refractivity contribution in [2.24, 2.45) is 0 Å². The van der Waals surface area contributed by atoms with E-state index in [0.717, 1.165) is 4.47 Å². The highest BCUT2D eigenvalue weighted by molar-refractivity contribution is 9.10. The van der Waals surface area contributed by atoms with Crippen molar-refractivity contribution in [1.29, 1.82) is 0 Å². The van der Waals surface area contributed by atoms with Crippen LogP contribution in [0.25, 0.3) is 11.0 Å². The van der Waals surface area contributed by atoms with Crippen LogP contribution in [0.3, 0.4) is 0 Å². The largest absolute Gasteiger partial charge is 0.382 e. The molecule has 3 aromatic rings. The van der Waals surface area contributed by atoms with Crippen LogP contribution in [0.2, 0.25) is 0 Å². The lowest BCUT2D eigenvalue weighted by Crippen LogP contribution is -2.53. The van der Waals surface area contributed by atoms with Gasteiger partial charge in [-0.3, -0.25) is 9.59 Å². The molecule has 3 aromatic heterocycles. The molecule has 134 valence electrons. The third kappa shape index (κ3) is 2.54. The Morgan fingerprint density at radius 1 is 1.46 bits per heavy atom. The van der Waals surface area contributed by atoms with Crippen LogP contribution in [0.15, 0.2) is 28.3 Å². The number of hydrogen-bond acceptors (Lipinski definition) is 6. The van der Waals surface area contributed by atoms with E-state index >= 15 is 0 Å². The van der Waals surface area contributed by atoms with Crippen LogP contribution in [-0.4, -0.2) is 40.9 Å². The minimum absolute atomic E-state index is 0.111. The molecule has 0 aliphatic carbocycles. The molecule has 0 fully saturated rings. The van der Waals surface area contributed by atoms with E-state index in [9.17, 15) is 9.59 Å². The van der Waals surface area contributed by atoms with Crippen LogP contribution < -0.4 is 10.6 Å². The van der Waals surface area contributed by atoms with Crippen LogP contribution in [0.1, 0.15) is 22.2 Å². The number of thiophene rings is 1. The summed E-state index contributed by atoms with van der Waals surface area (Å²) in [6.07, 6.45) is 3.22. The molecule has 0 unspecified atom stereocenters. The van der Waals surface area contributed by atoms with Crippen molar-refractivity contribution in [3.8, 4) is 0 Å². The number of H-pyrrole nitrogens is 1. The molecule has 26 heavy (non-hydrogen) atoms. The van der Waals surface area contributed by atoms with E-state index in [1.165, 1.54) is 18.4 Å². The zero-order chi connectivity index (χ0) is 18.5. The first-order valence-corrected chi connectivity index (χ1v) is 9.48. The maximum atomic E-state index is 13.0. The summed E-state index contributed by atoms with van der Waals surface area (Å²) < 4.78 is 5.95. The standard InChI is InChI=1S/C17H15BrN4O3S/c1-17(7-25-2)16(24)21-10-6-20-15-11(12(10)22-17)8(5-19-15)13(23)14-9(18)3-4-26-14/h3-6,22H,7H2,1-2H3,(H,19,20)(H,21,24)/t17-/m0/s1. The molecular formula is C17H15BrN4O3S. The van der Waals surface area contributed by atoms with Gasteiger partial charge in [-0.2, -0.15) is 0 Å². The fourth-order valence-corrected chi connectivity index (χ4v) is 4.57. The van der Waals surface area contributed by atoms with Crippen molar-refractivity contribution in [3.05, 3.63) is 38.8 Å². The molecule has 4 heterocycles. The Labute approximate surface area is 161 Å².